The van der Waals surface area contributed by atoms with Crippen molar-refractivity contribution < 1.29 is 9.90 Å². The Bertz CT molecular complexity index is 596. The van der Waals surface area contributed by atoms with E-state index in [9.17, 15) is 4.79 Å². The number of hydrogen-bond donors (Lipinski definition) is 2. The second-order valence-electron chi connectivity index (χ2n) is 4.18. The molecule has 0 saturated carbocycles. The Morgan fingerprint density at radius 2 is 2.05 bits per heavy atom. The zero-order chi connectivity index (χ0) is 13.8. The van der Waals surface area contributed by atoms with Gasteiger partial charge in [-0.05, 0) is 31.5 Å². The fourth-order valence-electron chi connectivity index (χ4n) is 1.54. The normalized spacial score (nSPS) is 10.2. The summed E-state index contributed by atoms with van der Waals surface area (Å²) in [5, 5.41) is 11.9. The van der Waals surface area contributed by atoms with Crippen molar-refractivity contribution in [1.82, 2.24) is 15.0 Å². The molecular formula is C13H14N4O2. The highest BCUT2D eigenvalue weighted by molar-refractivity contribution is 5.85. The van der Waals surface area contributed by atoms with E-state index in [1.807, 2.05) is 19.1 Å². The largest absolute Gasteiger partial charge is 0.477 e. The Balaban J connectivity index is 2.11. The molecule has 0 amide bonds. The van der Waals surface area contributed by atoms with Crippen molar-refractivity contribution in [1.29, 1.82) is 0 Å². The van der Waals surface area contributed by atoms with Crippen molar-refractivity contribution in [3.8, 4) is 0 Å². The number of anilines is 1. The Labute approximate surface area is 110 Å². The molecule has 2 N–H and O–H groups in total. The number of rotatable bonds is 4. The van der Waals surface area contributed by atoms with Gasteiger partial charge in [-0.15, -0.1) is 0 Å². The number of carboxylic acid groups (broad SMARTS) is 1. The van der Waals surface area contributed by atoms with Crippen LogP contribution in [0.2, 0.25) is 0 Å². The number of pyridine rings is 1. The fourth-order valence-corrected chi connectivity index (χ4v) is 1.54. The maximum Gasteiger partial charge on any atom is 0.354 e. The number of carboxylic acids is 1. The van der Waals surface area contributed by atoms with Gasteiger partial charge >= 0.3 is 5.97 Å². The SMILES string of the molecule is Cc1ccc(CNc2nc(C)cc(C(=O)O)n2)cn1. The van der Waals surface area contributed by atoms with Gasteiger partial charge in [0.05, 0.1) is 0 Å². The van der Waals surface area contributed by atoms with Gasteiger partial charge in [0, 0.05) is 24.1 Å². The lowest BCUT2D eigenvalue weighted by Gasteiger charge is -2.06. The summed E-state index contributed by atoms with van der Waals surface area (Å²) in [5.74, 6) is -0.761. The second-order valence-corrected chi connectivity index (χ2v) is 4.18. The first kappa shape index (κ1) is 12.9. The maximum absolute atomic E-state index is 10.9. The predicted octanol–water partition coefficient (Wildman–Crippen LogP) is 1.80. The Hall–Kier alpha value is -2.50. The Morgan fingerprint density at radius 1 is 1.26 bits per heavy atom. The van der Waals surface area contributed by atoms with Gasteiger partial charge in [-0.1, -0.05) is 6.07 Å². The van der Waals surface area contributed by atoms with Crippen LogP contribution in [0.15, 0.2) is 24.4 Å². The first-order chi connectivity index (χ1) is 9.04. The molecule has 98 valence electrons. The first-order valence-electron chi connectivity index (χ1n) is 5.79. The average Bonchev–Trinajstić information content (AvgIpc) is 2.37. The third kappa shape index (κ3) is 3.48. The first-order valence-corrected chi connectivity index (χ1v) is 5.79. The van der Waals surface area contributed by atoms with Gasteiger partial charge in [0.15, 0.2) is 5.69 Å². The van der Waals surface area contributed by atoms with Gasteiger partial charge in [0.25, 0.3) is 0 Å². The molecule has 6 heteroatoms. The van der Waals surface area contributed by atoms with Gasteiger partial charge in [-0.2, -0.15) is 0 Å². The van der Waals surface area contributed by atoms with Crippen LogP contribution in [0.4, 0.5) is 5.95 Å². The summed E-state index contributed by atoms with van der Waals surface area (Å²) >= 11 is 0. The maximum atomic E-state index is 10.9. The molecule has 0 unspecified atom stereocenters. The standard InChI is InChI=1S/C13H14N4O2/c1-8-3-4-10(6-14-8)7-15-13-16-9(2)5-11(17-13)12(18)19/h3-6H,7H2,1-2H3,(H,18,19)(H,15,16,17). The van der Waals surface area contributed by atoms with Crippen LogP contribution >= 0.6 is 0 Å². The third-order valence-electron chi connectivity index (χ3n) is 2.50. The van der Waals surface area contributed by atoms with Gasteiger partial charge in [-0.25, -0.2) is 14.8 Å². The van der Waals surface area contributed by atoms with Gasteiger partial charge < -0.3 is 10.4 Å². The molecular weight excluding hydrogens is 244 g/mol. The third-order valence-corrected chi connectivity index (χ3v) is 2.50. The van der Waals surface area contributed by atoms with Crippen molar-refractivity contribution >= 4 is 11.9 Å². The summed E-state index contributed by atoms with van der Waals surface area (Å²) < 4.78 is 0. The average molecular weight is 258 g/mol. The molecule has 2 rings (SSSR count). The van der Waals surface area contributed by atoms with Crippen LogP contribution < -0.4 is 5.32 Å². The van der Waals surface area contributed by atoms with E-state index in [0.29, 0.717) is 18.2 Å². The van der Waals surface area contributed by atoms with E-state index in [1.165, 1.54) is 6.07 Å². The lowest BCUT2D eigenvalue weighted by molar-refractivity contribution is 0.0690. The molecule has 2 aromatic heterocycles. The zero-order valence-electron chi connectivity index (χ0n) is 10.7. The molecule has 0 aliphatic rings. The van der Waals surface area contributed by atoms with E-state index in [1.54, 1.807) is 13.1 Å². The van der Waals surface area contributed by atoms with Crippen LogP contribution in [-0.2, 0) is 6.54 Å². The molecule has 0 spiro atoms. The summed E-state index contributed by atoms with van der Waals surface area (Å²) in [6.07, 6.45) is 1.76. The summed E-state index contributed by atoms with van der Waals surface area (Å²) in [6.45, 7) is 4.14. The van der Waals surface area contributed by atoms with E-state index < -0.39 is 5.97 Å². The summed E-state index contributed by atoms with van der Waals surface area (Å²) in [6, 6.07) is 5.29. The van der Waals surface area contributed by atoms with Crippen LogP contribution in [0.5, 0.6) is 0 Å². The summed E-state index contributed by atoms with van der Waals surface area (Å²) in [5.41, 5.74) is 2.52. The van der Waals surface area contributed by atoms with E-state index >= 15 is 0 Å². The quantitative estimate of drug-likeness (QED) is 0.869. The molecule has 6 nitrogen and oxygen atoms in total. The Morgan fingerprint density at radius 3 is 2.68 bits per heavy atom. The highest BCUT2D eigenvalue weighted by Crippen LogP contribution is 2.07. The predicted molar refractivity (Wildman–Crippen MR) is 70.0 cm³/mol. The van der Waals surface area contributed by atoms with Crippen LogP contribution in [0, 0.1) is 13.8 Å². The molecule has 0 radical (unpaired) electrons. The molecule has 0 fully saturated rings. The fraction of sp³-hybridized carbons (Fsp3) is 0.231. The van der Waals surface area contributed by atoms with E-state index in [2.05, 4.69) is 20.3 Å². The lowest BCUT2D eigenvalue weighted by atomic mass is 10.2. The molecule has 0 aromatic carbocycles. The van der Waals surface area contributed by atoms with Crippen molar-refractivity contribution in [2.45, 2.75) is 20.4 Å². The number of hydrogen-bond acceptors (Lipinski definition) is 5. The molecule has 0 saturated heterocycles. The van der Waals surface area contributed by atoms with Gasteiger partial charge in [0.2, 0.25) is 5.95 Å². The van der Waals surface area contributed by atoms with E-state index in [0.717, 1.165) is 11.3 Å². The summed E-state index contributed by atoms with van der Waals surface area (Å²) in [7, 11) is 0. The second kappa shape index (κ2) is 5.43. The van der Waals surface area contributed by atoms with E-state index in [4.69, 9.17) is 5.11 Å². The van der Waals surface area contributed by atoms with Crippen LogP contribution in [0.25, 0.3) is 0 Å². The van der Waals surface area contributed by atoms with Gasteiger partial charge in [-0.3, -0.25) is 4.98 Å². The molecule has 2 aromatic rings. The van der Waals surface area contributed by atoms with Crippen LogP contribution in [-0.4, -0.2) is 26.0 Å². The molecule has 19 heavy (non-hydrogen) atoms. The molecule has 2 heterocycles. The number of nitrogens with one attached hydrogen (secondary N) is 1. The van der Waals surface area contributed by atoms with Crippen molar-refractivity contribution in [2.75, 3.05) is 5.32 Å². The minimum absolute atomic E-state index is 0.0166. The molecule has 0 atom stereocenters. The smallest absolute Gasteiger partial charge is 0.354 e. The number of aromatic carboxylic acids is 1. The number of aryl methyl sites for hydroxylation is 2. The molecule has 0 aliphatic carbocycles. The number of aromatic nitrogens is 3. The number of carbonyl (C=O) groups is 1. The topological polar surface area (TPSA) is 88.0 Å². The van der Waals surface area contributed by atoms with E-state index in [-0.39, 0.29) is 5.69 Å². The van der Waals surface area contributed by atoms with Crippen LogP contribution in [0.1, 0.15) is 27.4 Å². The highest BCUT2D eigenvalue weighted by atomic mass is 16.4. The molecule has 0 aliphatic heterocycles. The minimum Gasteiger partial charge on any atom is -0.477 e. The van der Waals surface area contributed by atoms with Crippen molar-refractivity contribution in [3.63, 3.8) is 0 Å². The molecule has 0 bridgehead atoms. The monoisotopic (exact) mass is 258 g/mol. The van der Waals surface area contributed by atoms with Gasteiger partial charge in [0.1, 0.15) is 0 Å². The Kier molecular flexibility index (Phi) is 3.70. The minimum atomic E-state index is -1.06. The van der Waals surface area contributed by atoms with Crippen LogP contribution in [0.3, 0.4) is 0 Å². The zero-order valence-corrected chi connectivity index (χ0v) is 10.7. The van der Waals surface area contributed by atoms with Crippen molar-refractivity contribution in [2.24, 2.45) is 0 Å². The lowest BCUT2D eigenvalue weighted by Crippen LogP contribution is -2.09. The van der Waals surface area contributed by atoms with Crippen molar-refractivity contribution in [3.05, 3.63) is 47.0 Å². The number of nitrogens with zero attached hydrogens (tertiary/aromatic N) is 3. The highest BCUT2D eigenvalue weighted by Gasteiger charge is 2.08. The summed E-state index contributed by atoms with van der Waals surface area (Å²) in [4.78, 5) is 23.1.